The van der Waals surface area contributed by atoms with Gasteiger partial charge in [-0.15, -0.1) is 0 Å². The minimum Gasteiger partial charge on any atom is -0.352 e. The number of fused-ring (bicyclic) bond motifs is 1. The second kappa shape index (κ2) is 9.80. The zero-order valence-electron chi connectivity index (χ0n) is 17.2. The van der Waals surface area contributed by atoms with Gasteiger partial charge in [-0.2, -0.15) is 0 Å². The Kier molecular flexibility index (Phi) is 6.69. The van der Waals surface area contributed by atoms with Crippen LogP contribution in [0.25, 0.3) is 0 Å². The van der Waals surface area contributed by atoms with Crippen molar-refractivity contribution in [3.63, 3.8) is 0 Å². The van der Waals surface area contributed by atoms with Crippen LogP contribution < -0.4 is 16.0 Å². The van der Waals surface area contributed by atoms with Gasteiger partial charge in [0.1, 0.15) is 5.82 Å². The van der Waals surface area contributed by atoms with E-state index in [0.29, 0.717) is 18.5 Å². The van der Waals surface area contributed by atoms with E-state index in [1.54, 1.807) is 18.2 Å². The van der Waals surface area contributed by atoms with Crippen molar-refractivity contribution in [1.82, 2.24) is 20.6 Å². The summed E-state index contributed by atoms with van der Waals surface area (Å²) in [5, 5.41) is 9.14. The number of rotatable bonds is 8. The first-order valence-corrected chi connectivity index (χ1v) is 10.9. The summed E-state index contributed by atoms with van der Waals surface area (Å²) >= 11 is 0. The molecule has 7 nitrogen and oxygen atoms in total. The van der Waals surface area contributed by atoms with Gasteiger partial charge in [0.25, 0.3) is 5.91 Å². The first kappa shape index (κ1) is 20.5. The molecule has 1 saturated heterocycles. The molecular formula is C23H29N5O2. The van der Waals surface area contributed by atoms with Crippen LogP contribution in [-0.4, -0.2) is 41.4 Å². The fraction of sp³-hybridized carbons (Fsp3) is 0.478. The zero-order valence-corrected chi connectivity index (χ0v) is 17.2. The van der Waals surface area contributed by atoms with Crippen molar-refractivity contribution in [3.8, 4) is 0 Å². The van der Waals surface area contributed by atoms with Gasteiger partial charge >= 0.3 is 0 Å². The molecular weight excluding hydrogens is 378 g/mol. The molecule has 2 amide bonds. The molecule has 0 unspecified atom stereocenters. The number of carbonyl (C=O) groups excluding carboxylic acids is 2. The number of benzene rings is 1. The lowest BCUT2D eigenvalue weighted by molar-refractivity contribution is -0.115. The van der Waals surface area contributed by atoms with Gasteiger partial charge in [-0.05, 0) is 80.9 Å². The van der Waals surface area contributed by atoms with Gasteiger partial charge in [0.05, 0.1) is 6.42 Å². The summed E-state index contributed by atoms with van der Waals surface area (Å²) < 4.78 is 0. The lowest BCUT2D eigenvalue weighted by Crippen LogP contribution is -2.28. The largest absolute Gasteiger partial charge is 0.352 e. The Bertz CT molecular complexity index is 908. The van der Waals surface area contributed by atoms with Crippen LogP contribution in [-0.2, 0) is 24.1 Å². The smallest absolute Gasteiger partial charge is 0.251 e. The summed E-state index contributed by atoms with van der Waals surface area (Å²) in [5.41, 5.74) is 3.38. The van der Waals surface area contributed by atoms with Crippen molar-refractivity contribution >= 4 is 17.5 Å². The Morgan fingerprint density at radius 3 is 2.90 bits per heavy atom. The molecule has 0 radical (unpaired) electrons. The maximum Gasteiger partial charge on any atom is 0.251 e. The van der Waals surface area contributed by atoms with E-state index in [1.165, 1.54) is 19.3 Å². The number of anilines is 1. The van der Waals surface area contributed by atoms with E-state index in [1.807, 2.05) is 12.3 Å². The summed E-state index contributed by atoms with van der Waals surface area (Å²) in [6.45, 7) is 2.83. The van der Waals surface area contributed by atoms with E-state index < -0.39 is 0 Å². The molecule has 1 fully saturated rings. The number of hydrogen-bond acceptors (Lipinski definition) is 5. The number of hydrogen-bond donors (Lipinski definition) is 3. The maximum absolute atomic E-state index is 12.4. The van der Waals surface area contributed by atoms with Gasteiger partial charge in [-0.1, -0.05) is 0 Å². The fourth-order valence-corrected chi connectivity index (χ4v) is 4.14. The third-order valence-electron chi connectivity index (χ3n) is 5.89. The zero-order chi connectivity index (χ0) is 20.8. The minimum absolute atomic E-state index is 0.0273. The number of carbonyl (C=O) groups is 2. The SMILES string of the molecule is O=C1Cc2cc(C(=O)NCCCc3nccc(CCC4CCNCC4)n3)ccc2N1. The molecule has 3 N–H and O–H groups in total. The summed E-state index contributed by atoms with van der Waals surface area (Å²) in [6.07, 6.45) is 8.42. The summed E-state index contributed by atoms with van der Waals surface area (Å²) in [4.78, 5) is 32.9. The first-order chi connectivity index (χ1) is 14.7. The Morgan fingerprint density at radius 2 is 2.03 bits per heavy atom. The number of aromatic nitrogens is 2. The van der Waals surface area contributed by atoms with Gasteiger partial charge in [0.15, 0.2) is 0 Å². The van der Waals surface area contributed by atoms with Gasteiger partial charge in [0.2, 0.25) is 5.91 Å². The standard InChI is InChI=1S/C23H29N5O2/c29-22-15-18-14-17(4-6-20(18)28-22)23(30)26-10-1-2-21-25-13-9-19(27-21)5-3-16-7-11-24-12-8-16/h4,6,9,13-14,16,24H,1-3,5,7-8,10-12,15H2,(H,26,30)(H,28,29). The van der Waals surface area contributed by atoms with E-state index >= 15 is 0 Å². The highest BCUT2D eigenvalue weighted by molar-refractivity contribution is 6.01. The van der Waals surface area contributed by atoms with Crippen molar-refractivity contribution in [2.75, 3.05) is 25.0 Å². The molecule has 0 spiro atoms. The van der Waals surface area contributed by atoms with E-state index in [-0.39, 0.29) is 11.8 Å². The van der Waals surface area contributed by atoms with Gasteiger partial charge in [-0.3, -0.25) is 9.59 Å². The average molecular weight is 408 g/mol. The third kappa shape index (κ3) is 5.42. The van der Waals surface area contributed by atoms with Crippen molar-refractivity contribution in [2.45, 2.75) is 44.9 Å². The molecule has 1 aromatic heterocycles. The molecule has 4 rings (SSSR count). The van der Waals surface area contributed by atoms with E-state index in [0.717, 1.165) is 61.0 Å². The van der Waals surface area contributed by atoms with E-state index in [9.17, 15) is 9.59 Å². The molecule has 2 aliphatic rings. The first-order valence-electron chi connectivity index (χ1n) is 10.9. The minimum atomic E-state index is -0.117. The highest BCUT2D eigenvalue weighted by Gasteiger charge is 2.19. The molecule has 3 heterocycles. The summed E-state index contributed by atoms with van der Waals surface area (Å²) in [7, 11) is 0. The molecule has 0 atom stereocenters. The summed E-state index contributed by atoms with van der Waals surface area (Å²) in [5.74, 6) is 1.50. The number of nitrogens with zero attached hydrogens (tertiary/aromatic N) is 2. The lowest BCUT2D eigenvalue weighted by atomic mass is 9.92. The number of aryl methyl sites for hydroxylation is 2. The second-order valence-corrected chi connectivity index (χ2v) is 8.15. The van der Waals surface area contributed by atoms with Crippen LogP contribution in [0.3, 0.4) is 0 Å². The van der Waals surface area contributed by atoms with Crippen LogP contribution in [0, 0.1) is 5.92 Å². The van der Waals surface area contributed by atoms with Crippen molar-refractivity contribution in [1.29, 1.82) is 0 Å². The highest BCUT2D eigenvalue weighted by atomic mass is 16.2. The fourth-order valence-electron chi connectivity index (χ4n) is 4.14. The van der Waals surface area contributed by atoms with E-state index in [4.69, 9.17) is 4.98 Å². The van der Waals surface area contributed by atoms with Crippen molar-refractivity contribution in [3.05, 3.63) is 53.1 Å². The van der Waals surface area contributed by atoms with Gasteiger partial charge in [-0.25, -0.2) is 9.97 Å². The molecule has 0 aliphatic carbocycles. The van der Waals surface area contributed by atoms with Crippen molar-refractivity contribution in [2.24, 2.45) is 5.92 Å². The highest BCUT2D eigenvalue weighted by Crippen LogP contribution is 2.23. The Hall–Kier alpha value is -2.80. The second-order valence-electron chi connectivity index (χ2n) is 8.15. The molecule has 2 aromatic rings. The molecule has 7 heteroatoms. The predicted molar refractivity (Wildman–Crippen MR) is 115 cm³/mol. The van der Waals surface area contributed by atoms with E-state index in [2.05, 4.69) is 20.9 Å². The van der Waals surface area contributed by atoms with Crippen LogP contribution in [0.5, 0.6) is 0 Å². The molecule has 1 aromatic carbocycles. The average Bonchev–Trinajstić information content (AvgIpc) is 3.15. The Balaban J connectivity index is 1.20. The van der Waals surface area contributed by atoms with Gasteiger partial charge in [0, 0.05) is 36.1 Å². The third-order valence-corrected chi connectivity index (χ3v) is 5.89. The molecule has 2 aliphatic heterocycles. The van der Waals surface area contributed by atoms with Crippen LogP contribution in [0.1, 0.15) is 53.1 Å². The monoisotopic (exact) mass is 407 g/mol. The lowest BCUT2D eigenvalue weighted by Gasteiger charge is -2.22. The van der Waals surface area contributed by atoms with Crippen LogP contribution in [0.4, 0.5) is 5.69 Å². The van der Waals surface area contributed by atoms with Crippen LogP contribution in [0.15, 0.2) is 30.5 Å². The molecule has 158 valence electrons. The maximum atomic E-state index is 12.4. The van der Waals surface area contributed by atoms with Crippen LogP contribution >= 0.6 is 0 Å². The predicted octanol–water partition coefficient (Wildman–Crippen LogP) is 2.27. The molecule has 0 bridgehead atoms. The number of nitrogens with one attached hydrogen (secondary N) is 3. The molecule has 0 saturated carbocycles. The number of piperidine rings is 1. The molecule has 30 heavy (non-hydrogen) atoms. The van der Waals surface area contributed by atoms with Crippen LogP contribution in [0.2, 0.25) is 0 Å². The van der Waals surface area contributed by atoms with Gasteiger partial charge < -0.3 is 16.0 Å². The van der Waals surface area contributed by atoms with Crippen molar-refractivity contribution < 1.29 is 9.59 Å². The number of amides is 2. The Labute approximate surface area is 177 Å². The quantitative estimate of drug-likeness (QED) is 0.584. The summed E-state index contributed by atoms with van der Waals surface area (Å²) in [6, 6.07) is 7.34. The Morgan fingerprint density at radius 1 is 1.17 bits per heavy atom. The topological polar surface area (TPSA) is 96.0 Å². The normalized spacial score (nSPS) is 16.2.